The zero-order valence-electron chi connectivity index (χ0n) is 15.6. The average molecular weight is 362 g/mol. The molecule has 5 atom stereocenters. The minimum Gasteiger partial charge on any atom is -0.389 e. The Hall–Kier alpha value is -1.47. The van der Waals surface area contributed by atoms with E-state index < -0.39 is 6.10 Å². The summed E-state index contributed by atoms with van der Waals surface area (Å²) in [6.07, 6.45) is 1.57. The molecule has 2 N–H and O–H groups in total. The van der Waals surface area contributed by atoms with Crippen molar-refractivity contribution in [2.45, 2.75) is 56.6 Å². The largest absolute Gasteiger partial charge is 0.389 e. The Morgan fingerprint density at radius 2 is 2.08 bits per heavy atom. The molecule has 1 aromatic carbocycles. The van der Waals surface area contributed by atoms with E-state index in [0.717, 1.165) is 18.4 Å². The van der Waals surface area contributed by atoms with Gasteiger partial charge in [-0.3, -0.25) is 9.69 Å². The number of amides is 1. The van der Waals surface area contributed by atoms with Gasteiger partial charge in [0.15, 0.2) is 0 Å². The van der Waals surface area contributed by atoms with E-state index >= 15 is 0 Å². The van der Waals surface area contributed by atoms with Crippen LogP contribution in [-0.4, -0.2) is 67.1 Å². The normalized spacial score (nSPS) is 31.3. The second-order valence-corrected chi connectivity index (χ2v) is 7.48. The average Bonchev–Trinajstić information content (AvgIpc) is 2.61. The summed E-state index contributed by atoms with van der Waals surface area (Å²) in [5.74, 6) is 0.0142. The molecule has 0 radical (unpaired) electrons. The van der Waals surface area contributed by atoms with Crippen LogP contribution >= 0.6 is 0 Å². The van der Waals surface area contributed by atoms with Gasteiger partial charge in [0.05, 0.1) is 44.0 Å². The Morgan fingerprint density at radius 1 is 1.31 bits per heavy atom. The van der Waals surface area contributed by atoms with Gasteiger partial charge in [-0.15, -0.1) is 0 Å². The van der Waals surface area contributed by atoms with Gasteiger partial charge in [0.1, 0.15) is 0 Å². The summed E-state index contributed by atoms with van der Waals surface area (Å²) in [6.45, 7) is 3.37. The first-order valence-electron chi connectivity index (χ1n) is 9.48. The Morgan fingerprint density at radius 3 is 2.85 bits per heavy atom. The maximum atomic E-state index is 12.4. The van der Waals surface area contributed by atoms with E-state index in [4.69, 9.17) is 9.47 Å². The number of nitrogens with one attached hydrogen (secondary N) is 1. The molecule has 2 heterocycles. The van der Waals surface area contributed by atoms with E-state index in [1.165, 1.54) is 0 Å². The molecule has 1 amide bonds. The first-order chi connectivity index (χ1) is 12.5. The molecule has 26 heavy (non-hydrogen) atoms. The van der Waals surface area contributed by atoms with Gasteiger partial charge >= 0.3 is 0 Å². The number of aliphatic hydroxyl groups is 1. The predicted octanol–water partition coefficient (Wildman–Crippen LogP) is 1.49. The van der Waals surface area contributed by atoms with Crippen LogP contribution < -0.4 is 5.32 Å². The van der Waals surface area contributed by atoms with Crippen LogP contribution in [-0.2, 0) is 14.3 Å². The summed E-state index contributed by atoms with van der Waals surface area (Å²) in [7, 11) is 2.02. The fourth-order valence-corrected chi connectivity index (χ4v) is 3.93. The lowest BCUT2D eigenvalue weighted by Gasteiger charge is -2.43. The van der Waals surface area contributed by atoms with Gasteiger partial charge < -0.3 is 19.9 Å². The topological polar surface area (TPSA) is 71.0 Å². The first kappa shape index (κ1) is 19.3. The molecule has 0 saturated carbocycles. The second kappa shape index (κ2) is 8.95. The zero-order chi connectivity index (χ0) is 18.5. The number of carbonyl (C=O) groups excluding carboxylic acids is 1. The quantitative estimate of drug-likeness (QED) is 0.849. The maximum Gasteiger partial charge on any atom is 0.223 e. The number of aliphatic hydroxyl groups excluding tert-OH is 1. The smallest absolute Gasteiger partial charge is 0.223 e. The van der Waals surface area contributed by atoms with Gasteiger partial charge in [0.2, 0.25) is 5.91 Å². The summed E-state index contributed by atoms with van der Waals surface area (Å²) in [6, 6.07) is 10.2. The van der Waals surface area contributed by atoms with E-state index in [-0.39, 0.29) is 30.2 Å². The highest BCUT2D eigenvalue weighted by atomic mass is 16.5. The van der Waals surface area contributed by atoms with Crippen molar-refractivity contribution in [1.29, 1.82) is 0 Å². The number of hydrogen-bond acceptors (Lipinski definition) is 5. The lowest BCUT2D eigenvalue weighted by Crippen LogP contribution is -2.54. The third-order valence-electron chi connectivity index (χ3n) is 5.33. The van der Waals surface area contributed by atoms with E-state index in [1.54, 1.807) is 0 Å². The molecule has 1 aromatic rings. The van der Waals surface area contributed by atoms with Crippen LogP contribution in [0.25, 0.3) is 0 Å². The Bertz CT molecular complexity index is 582. The van der Waals surface area contributed by atoms with Crippen LogP contribution in [0.5, 0.6) is 0 Å². The number of rotatable bonds is 4. The summed E-state index contributed by atoms with van der Waals surface area (Å²) >= 11 is 0. The molecule has 2 aliphatic rings. The van der Waals surface area contributed by atoms with Crippen molar-refractivity contribution in [3.05, 3.63) is 35.9 Å². The molecule has 6 nitrogen and oxygen atoms in total. The molecule has 3 rings (SSSR count). The summed E-state index contributed by atoms with van der Waals surface area (Å²) in [4.78, 5) is 14.6. The van der Waals surface area contributed by atoms with Crippen molar-refractivity contribution < 1.29 is 19.4 Å². The lowest BCUT2D eigenvalue weighted by molar-refractivity contribution is -0.153. The van der Waals surface area contributed by atoms with Crippen molar-refractivity contribution in [2.24, 2.45) is 0 Å². The van der Waals surface area contributed by atoms with Crippen LogP contribution in [0.3, 0.4) is 0 Å². The van der Waals surface area contributed by atoms with Gasteiger partial charge in [0, 0.05) is 12.6 Å². The van der Waals surface area contributed by atoms with E-state index in [2.05, 4.69) is 10.2 Å². The molecule has 0 bridgehead atoms. The molecule has 0 aromatic heterocycles. The molecule has 2 fully saturated rings. The van der Waals surface area contributed by atoms with E-state index in [0.29, 0.717) is 26.2 Å². The van der Waals surface area contributed by atoms with Crippen LogP contribution in [0.4, 0.5) is 0 Å². The molecule has 0 spiro atoms. The number of nitrogens with zero attached hydrogens (tertiary/aromatic N) is 1. The van der Waals surface area contributed by atoms with Crippen molar-refractivity contribution in [3.8, 4) is 0 Å². The molecular formula is C20H30N2O4. The van der Waals surface area contributed by atoms with Gasteiger partial charge in [-0.25, -0.2) is 0 Å². The minimum absolute atomic E-state index is 0.0142. The molecular weight excluding hydrogens is 332 g/mol. The van der Waals surface area contributed by atoms with Gasteiger partial charge in [-0.1, -0.05) is 30.3 Å². The van der Waals surface area contributed by atoms with Crippen LogP contribution in [0.1, 0.15) is 37.8 Å². The number of hydrogen-bond donors (Lipinski definition) is 2. The third kappa shape index (κ3) is 5.04. The van der Waals surface area contributed by atoms with E-state index in [9.17, 15) is 9.90 Å². The van der Waals surface area contributed by atoms with Crippen molar-refractivity contribution >= 4 is 5.91 Å². The van der Waals surface area contributed by atoms with Gasteiger partial charge in [-0.05, 0) is 32.4 Å². The highest BCUT2D eigenvalue weighted by molar-refractivity contribution is 5.76. The number of likely N-dealkylation sites (N-methyl/N-ethyl adjacent to an activating group) is 1. The third-order valence-corrected chi connectivity index (χ3v) is 5.33. The van der Waals surface area contributed by atoms with Crippen LogP contribution in [0, 0.1) is 0 Å². The fourth-order valence-electron chi connectivity index (χ4n) is 3.93. The Kier molecular flexibility index (Phi) is 6.64. The Labute approximate surface area is 155 Å². The molecule has 6 heteroatoms. The van der Waals surface area contributed by atoms with Crippen molar-refractivity contribution in [1.82, 2.24) is 10.2 Å². The maximum absolute atomic E-state index is 12.4. The lowest BCUT2D eigenvalue weighted by atomic mass is 9.95. The molecule has 0 unspecified atom stereocenters. The number of carbonyl (C=O) groups is 1. The number of β-amino-alcohol motifs (C(OH)–C–C–N with tert-alkyl or cyclic N) is 1. The molecule has 2 aliphatic heterocycles. The SMILES string of the molecule is C[C@@H](NC(=O)C[C@@H]1CC[C@H]2[C@@H](COC[C@H](O)CN2C)O1)c1ccccc1. The Balaban J connectivity index is 1.51. The molecule has 2 saturated heterocycles. The van der Waals surface area contributed by atoms with Crippen LogP contribution in [0.2, 0.25) is 0 Å². The minimum atomic E-state index is -0.455. The number of ether oxygens (including phenoxy) is 2. The zero-order valence-corrected chi connectivity index (χ0v) is 15.6. The molecule has 144 valence electrons. The second-order valence-electron chi connectivity index (χ2n) is 7.48. The van der Waals surface area contributed by atoms with Crippen molar-refractivity contribution in [3.63, 3.8) is 0 Å². The number of benzene rings is 1. The van der Waals surface area contributed by atoms with Crippen molar-refractivity contribution in [2.75, 3.05) is 26.8 Å². The standard InChI is InChI=1S/C20H30N2O4/c1-14(15-6-4-3-5-7-15)21-20(24)10-17-8-9-18-19(26-17)13-25-12-16(23)11-22(18)2/h3-7,14,16-19,23H,8-13H2,1-2H3,(H,21,24)/t14-,16-,17+,18+,19-/m1/s1. The summed E-state index contributed by atoms with van der Waals surface area (Å²) in [5.41, 5.74) is 1.10. The first-order valence-corrected chi connectivity index (χ1v) is 9.48. The number of fused-ring (bicyclic) bond motifs is 1. The summed E-state index contributed by atoms with van der Waals surface area (Å²) in [5, 5.41) is 12.9. The molecule has 0 aliphatic carbocycles. The van der Waals surface area contributed by atoms with Crippen LogP contribution in [0.15, 0.2) is 30.3 Å². The summed E-state index contributed by atoms with van der Waals surface area (Å²) < 4.78 is 11.8. The van der Waals surface area contributed by atoms with Gasteiger partial charge in [0.25, 0.3) is 0 Å². The fraction of sp³-hybridized carbons (Fsp3) is 0.650. The monoisotopic (exact) mass is 362 g/mol. The highest BCUT2D eigenvalue weighted by Gasteiger charge is 2.36. The predicted molar refractivity (Wildman–Crippen MR) is 98.8 cm³/mol. The van der Waals surface area contributed by atoms with Gasteiger partial charge in [-0.2, -0.15) is 0 Å². The highest BCUT2D eigenvalue weighted by Crippen LogP contribution is 2.27. The van der Waals surface area contributed by atoms with E-state index in [1.807, 2.05) is 44.3 Å².